The average Bonchev–Trinajstić information content (AvgIpc) is 2.37. The number of amides is 1. The molecule has 1 N–H and O–H groups in total. The molecule has 104 valence electrons. The van der Waals surface area contributed by atoms with Crippen molar-refractivity contribution in [2.75, 3.05) is 0 Å². The maximum absolute atomic E-state index is 12.0. The third-order valence-electron chi connectivity index (χ3n) is 3.04. The molecule has 0 aromatic heterocycles. The number of rotatable bonds is 6. The van der Waals surface area contributed by atoms with Gasteiger partial charge in [-0.1, -0.05) is 51.1 Å². The molecule has 0 unspecified atom stereocenters. The van der Waals surface area contributed by atoms with Gasteiger partial charge in [0, 0.05) is 13.0 Å². The second-order valence-electron chi connectivity index (χ2n) is 4.89. The summed E-state index contributed by atoms with van der Waals surface area (Å²) in [5, 5.41) is 9.34. The summed E-state index contributed by atoms with van der Waals surface area (Å²) in [7, 11) is 0. The Morgan fingerprint density at radius 3 is 2.21 bits per heavy atom. The molecule has 1 aromatic carbocycles. The number of aliphatic carboxylic acids is 1. The highest BCUT2D eigenvalue weighted by molar-refractivity contribution is 5.83. The van der Waals surface area contributed by atoms with Crippen molar-refractivity contribution in [1.82, 2.24) is 4.90 Å². The first-order valence-electron chi connectivity index (χ1n) is 6.53. The lowest BCUT2D eigenvalue weighted by Crippen LogP contribution is -2.47. The van der Waals surface area contributed by atoms with Crippen LogP contribution < -0.4 is 0 Å². The fraction of sp³-hybridized carbons (Fsp3) is 0.467. The van der Waals surface area contributed by atoms with E-state index in [1.807, 2.05) is 44.2 Å². The lowest BCUT2D eigenvalue weighted by molar-refractivity contribution is -0.152. The molecular weight excluding hydrogens is 242 g/mol. The number of carbonyl (C=O) groups is 2. The second-order valence-corrected chi connectivity index (χ2v) is 4.89. The maximum atomic E-state index is 12.0. The van der Waals surface area contributed by atoms with Gasteiger partial charge >= 0.3 is 5.97 Å². The first-order valence-corrected chi connectivity index (χ1v) is 6.53. The van der Waals surface area contributed by atoms with Crippen molar-refractivity contribution in [2.24, 2.45) is 5.92 Å². The molecule has 1 aromatic rings. The number of carbonyl (C=O) groups excluding carboxylic acids is 1. The topological polar surface area (TPSA) is 57.6 Å². The van der Waals surface area contributed by atoms with Gasteiger partial charge in [0.2, 0.25) is 5.91 Å². The van der Waals surface area contributed by atoms with Crippen LogP contribution in [0, 0.1) is 5.92 Å². The van der Waals surface area contributed by atoms with Crippen LogP contribution in [0.2, 0.25) is 0 Å². The van der Waals surface area contributed by atoms with Gasteiger partial charge in [-0.05, 0) is 11.5 Å². The van der Waals surface area contributed by atoms with Crippen LogP contribution >= 0.6 is 0 Å². The molecule has 19 heavy (non-hydrogen) atoms. The third kappa shape index (κ3) is 4.09. The molecule has 0 aliphatic rings. The summed E-state index contributed by atoms with van der Waals surface area (Å²) in [6.45, 7) is 5.72. The Labute approximate surface area is 114 Å². The lowest BCUT2D eigenvalue weighted by Gasteiger charge is -2.31. The van der Waals surface area contributed by atoms with Gasteiger partial charge in [-0.2, -0.15) is 0 Å². The van der Waals surface area contributed by atoms with E-state index in [2.05, 4.69) is 0 Å². The first kappa shape index (κ1) is 15.2. The Balaban J connectivity index is 3.00. The van der Waals surface area contributed by atoms with E-state index in [9.17, 15) is 14.7 Å². The number of carboxylic acid groups (broad SMARTS) is 1. The minimum absolute atomic E-state index is 0.128. The fourth-order valence-corrected chi connectivity index (χ4v) is 2.10. The Morgan fingerprint density at radius 1 is 1.21 bits per heavy atom. The van der Waals surface area contributed by atoms with E-state index < -0.39 is 12.0 Å². The molecule has 0 aliphatic heterocycles. The third-order valence-corrected chi connectivity index (χ3v) is 3.04. The number of benzene rings is 1. The van der Waals surface area contributed by atoms with Gasteiger partial charge in [0.05, 0.1) is 0 Å². The molecule has 1 rings (SSSR count). The molecule has 4 heteroatoms. The molecule has 0 saturated carbocycles. The number of hydrogen-bond acceptors (Lipinski definition) is 2. The molecule has 0 radical (unpaired) electrons. The van der Waals surface area contributed by atoms with Crippen molar-refractivity contribution in [1.29, 1.82) is 0 Å². The summed E-state index contributed by atoms with van der Waals surface area (Å²) >= 11 is 0. The van der Waals surface area contributed by atoms with E-state index in [4.69, 9.17) is 0 Å². The van der Waals surface area contributed by atoms with Gasteiger partial charge in [-0.15, -0.1) is 0 Å². The molecule has 0 spiro atoms. The highest BCUT2D eigenvalue weighted by Crippen LogP contribution is 2.16. The van der Waals surface area contributed by atoms with Gasteiger partial charge in [-0.25, -0.2) is 4.79 Å². The van der Waals surface area contributed by atoms with E-state index >= 15 is 0 Å². The Hall–Kier alpha value is -1.84. The van der Waals surface area contributed by atoms with E-state index in [0.29, 0.717) is 13.0 Å². The van der Waals surface area contributed by atoms with E-state index in [0.717, 1.165) is 5.56 Å². The number of hydrogen-bond donors (Lipinski definition) is 1. The van der Waals surface area contributed by atoms with E-state index in [1.165, 1.54) is 4.90 Å². The van der Waals surface area contributed by atoms with Gasteiger partial charge in [-0.3, -0.25) is 4.79 Å². The van der Waals surface area contributed by atoms with Crippen LogP contribution in [-0.4, -0.2) is 27.9 Å². The normalized spacial score (nSPS) is 12.2. The molecule has 4 nitrogen and oxygen atoms in total. The zero-order valence-electron chi connectivity index (χ0n) is 11.7. The maximum Gasteiger partial charge on any atom is 0.326 e. The van der Waals surface area contributed by atoms with Gasteiger partial charge in [0.1, 0.15) is 6.04 Å². The second kappa shape index (κ2) is 6.92. The minimum Gasteiger partial charge on any atom is -0.480 e. The molecule has 0 fully saturated rings. The average molecular weight is 263 g/mol. The number of nitrogens with zero attached hydrogens (tertiary/aromatic N) is 1. The summed E-state index contributed by atoms with van der Waals surface area (Å²) in [4.78, 5) is 24.9. The van der Waals surface area contributed by atoms with Gasteiger partial charge < -0.3 is 10.0 Å². The predicted octanol–water partition coefficient (Wildman–Crippen LogP) is 2.53. The summed E-state index contributed by atoms with van der Waals surface area (Å²) in [6, 6.07) is 8.67. The van der Waals surface area contributed by atoms with Crippen molar-refractivity contribution in [3.05, 3.63) is 35.9 Å². The summed E-state index contributed by atoms with van der Waals surface area (Å²) in [5.74, 6) is -1.21. The molecular formula is C15H21NO3. The van der Waals surface area contributed by atoms with Crippen LogP contribution in [0.3, 0.4) is 0 Å². The summed E-state index contributed by atoms with van der Waals surface area (Å²) in [5.41, 5.74) is 0.941. The highest BCUT2D eigenvalue weighted by Gasteiger charge is 2.31. The Bertz CT molecular complexity index is 428. The zero-order chi connectivity index (χ0) is 14.4. The van der Waals surface area contributed by atoms with Crippen LogP contribution in [0.1, 0.15) is 32.8 Å². The molecule has 0 aliphatic carbocycles. The summed E-state index contributed by atoms with van der Waals surface area (Å²) in [6.07, 6.45) is 0.309. The monoisotopic (exact) mass is 263 g/mol. The van der Waals surface area contributed by atoms with Crippen molar-refractivity contribution in [3.63, 3.8) is 0 Å². The van der Waals surface area contributed by atoms with E-state index in [-0.39, 0.29) is 11.8 Å². The van der Waals surface area contributed by atoms with Crippen LogP contribution in [-0.2, 0) is 16.1 Å². The van der Waals surface area contributed by atoms with Gasteiger partial charge in [0.25, 0.3) is 0 Å². The quantitative estimate of drug-likeness (QED) is 0.858. The Morgan fingerprint density at radius 2 is 1.79 bits per heavy atom. The highest BCUT2D eigenvalue weighted by atomic mass is 16.4. The fourth-order valence-electron chi connectivity index (χ4n) is 2.10. The molecule has 0 bridgehead atoms. The van der Waals surface area contributed by atoms with Gasteiger partial charge in [0.15, 0.2) is 0 Å². The minimum atomic E-state index is -0.951. The van der Waals surface area contributed by atoms with Crippen LogP contribution in [0.25, 0.3) is 0 Å². The standard InChI is InChI=1S/C15H21NO3/c1-4-13(17)16(14(11(2)3)15(18)19)10-12-8-6-5-7-9-12/h5-9,11,14H,4,10H2,1-3H3,(H,18,19)/t14-/m0/s1. The largest absolute Gasteiger partial charge is 0.480 e. The molecule has 0 saturated heterocycles. The van der Waals surface area contributed by atoms with Crippen molar-refractivity contribution in [3.8, 4) is 0 Å². The SMILES string of the molecule is CCC(=O)N(Cc1ccccc1)[C@H](C(=O)O)C(C)C. The lowest BCUT2D eigenvalue weighted by atomic mass is 10.0. The van der Waals surface area contributed by atoms with Crippen molar-refractivity contribution >= 4 is 11.9 Å². The molecule has 1 amide bonds. The van der Waals surface area contributed by atoms with Crippen LogP contribution in [0.15, 0.2) is 30.3 Å². The zero-order valence-corrected chi connectivity index (χ0v) is 11.7. The number of carboxylic acids is 1. The molecule has 1 atom stereocenters. The van der Waals surface area contributed by atoms with Crippen molar-refractivity contribution in [2.45, 2.75) is 39.8 Å². The first-order chi connectivity index (χ1) is 8.97. The Kier molecular flexibility index (Phi) is 5.55. The molecule has 0 heterocycles. The van der Waals surface area contributed by atoms with Crippen LogP contribution in [0.4, 0.5) is 0 Å². The van der Waals surface area contributed by atoms with Crippen molar-refractivity contribution < 1.29 is 14.7 Å². The summed E-state index contributed by atoms with van der Waals surface area (Å²) < 4.78 is 0. The van der Waals surface area contributed by atoms with Crippen LogP contribution in [0.5, 0.6) is 0 Å². The smallest absolute Gasteiger partial charge is 0.326 e. The van der Waals surface area contributed by atoms with E-state index in [1.54, 1.807) is 6.92 Å². The predicted molar refractivity (Wildman–Crippen MR) is 73.5 cm³/mol.